The molecule has 0 bridgehead atoms. The summed E-state index contributed by atoms with van der Waals surface area (Å²) in [6.07, 6.45) is 0.869. The van der Waals surface area contributed by atoms with Crippen LogP contribution in [0, 0.1) is 0 Å². The SMILES string of the molecule is Cl.O=C(NCC(=O)N1CCc2ccccc21)C1COCCN1. The van der Waals surface area contributed by atoms with Gasteiger partial charge in [0.05, 0.1) is 19.8 Å². The third-order valence-corrected chi connectivity index (χ3v) is 3.84. The molecular weight excluding hydrogens is 306 g/mol. The number of para-hydroxylation sites is 1. The summed E-state index contributed by atoms with van der Waals surface area (Å²) >= 11 is 0. The Hall–Kier alpha value is -1.63. The van der Waals surface area contributed by atoms with Crippen LogP contribution in [-0.4, -0.2) is 50.7 Å². The van der Waals surface area contributed by atoms with Gasteiger partial charge in [-0.05, 0) is 18.1 Å². The number of morpholine rings is 1. The normalized spacial score (nSPS) is 20.0. The molecule has 120 valence electrons. The number of anilines is 1. The van der Waals surface area contributed by atoms with Gasteiger partial charge in [-0.15, -0.1) is 12.4 Å². The highest BCUT2D eigenvalue weighted by molar-refractivity contribution is 5.98. The lowest BCUT2D eigenvalue weighted by Gasteiger charge is -2.23. The Balaban J connectivity index is 0.00000176. The van der Waals surface area contributed by atoms with Gasteiger partial charge >= 0.3 is 0 Å². The van der Waals surface area contributed by atoms with Crippen LogP contribution in [-0.2, 0) is 20.7 Å². The predicted molar refractivity (Wildman–Crippen MR) is 85.4 cm³/mol. The van der Waals surface area contributed by atoms with E-state index < -0.39 is 0 Å². The van der Waals surface area contributed by atoms with Crippen molar-refractivity contribution in [2.45, 2.75) is 12.5 Å². The zero-order valence-corrected chi connectivity index (χ0v) is 13.0. The first-order valence-electron chi connectivity index (χ1n) is 7.23. The smallest absolute Gasteiger partial charge is 0.246 e. The first kappa shape index (κ1) is 16.7. The molecule has 1 saturated heterocycles. The van der Waals surface area contributed by atoms with Crippen LogP contribution in [0.15, 0.2) is 24.3 Å². The van der Waals surface area contributed by atoms with Crippen molar-refractivity contribution < 1.29 is 14.3 Å². The van der Waals surface area contributed by atoms with Gasteiger partial charge in [-0.3, -0.25) is 9.59 Å². The molecule has 1 unspecified atom stereocenters. The van der Waals surface area contributed by atoms with Crippen LogP contribution in [0.1, 0.15) is 5.56 Å². The minimum absolute atomic E-state index is 0. The van der Waals surface area contributed by atoms with Gasteiger partial charge in [0.15, 0.2) is 0 Å². The number of hydrogen-bond acceptors (Lipinski definition) is 4. The van der Waals surface area contributed by atoms with Gasteiger partial charge in [0.25, 0.3) is 0 Å². The summed E-state index contributed by atoms with van der Waals surface area (Å²) in [5.41, 5.74) is 2.13. The van der Waals surface area contributed by atoms with E-state index in [4.69, 9.17) is 4.74 Å². The molecule has 22 heavy (non-hydrogen) atoms. The number of hydrogen-bond donors (Lipinski definition) is 2. The predicted octanol–water partition coefficient (Wildman–Crippen LogP) is 0.102. The van der Waals surface area contributed by atoms with Crippen molar-refractivity contribution in [1.82, 2.24) is 10.6 Å². The number of carbonyl (C=O) groups excluding carboxylic acids is 2. The lowest BCUT2D eigenvalue weighted by Crippen LogP contribution is -2.52. The van der Waals surface area contributed by atoms with Gasteiger partial charge in [-0.2, -0.15) is 0 Å². The van der Waals surface area contributed by atoms with Gasteiger partial charge in [0.1, 0.15) is 6.04 Å². The fourth-order valence-corrected chi connectivity index (χ4v) is 2.71. The van der Waals surface area contributed by atoms with E-state index in [0.717, 1.165) is 12.1 Å². The Bertz CT molecular complexity index is 547. The Morgan fingerprint density at radius 2 is 2.18 bits per heavy atom. The van der Waals surface area contributed by atoms with E-state index in [1.165, 1.54) is 5.56 Å². The number of amides is 2. The van der Waals surface area contributed by atoms with Crippen molar-refractivity contribution in [3.63, 3.8) is 0 Å². The quantitative estimate of drug-likeness (QED) is 0.827. The second-order valence-electron chi connectivity index (χ2n) is 5.22. The van der Waals surface area contributed by atoms with Crippen LogP contribution < -0.4 is 15.5 Å². The van der Waals surface area contributed by atoms with Crippen LogP contribution in [0.4, 0.5) is 5.69 Å². The molecule has 7 heteroatoms. The summed E-state index contributed by atoms with van der Waals surface area (Å²) < 4.78 is 5.24. The van der Waals surface area contributed by atoms with Gasteiger partial charge in [0, 0.05) is 18.8 Å². The summed E-state index contributed by atoms with van der Waals surface area (Å²) in [6.45, 7) is 2.33. The maximum Gasteiger partial charge on any atom is 0.246 e. The molecule has 2 amide bonds. The molecule has 1 fully saturated rings. The molecular formula is C15H20ClN3O3. The number of rotatable bonds is 3. The number of carbonyl (C=O) groups is 2. The Labute approximate surface area is 135 Å². The summed E-state index contributed by atoms with van der Waals surface area (Å²) in [4.78, 5) is 25.9. The van der Waals surface area contributed by atoms with E-state index in [1.807, 2.05) is 24.3 Å². The average molecular weight is 326 g/mol. The molecule has 2 aliphatic rings. The molecule has 2 aliphatic heterocycles. The minimum atomic E-state index is -0.364. The van der Waals surface area contributed by atoms with Crippen molar-refractivity contribution >= 4 is 29.9 Å². The molecule has 2 heterocycles. The van der Waals surface area contributed by atoms with Gasteiger partial charge in [0.2, 0.25) is 11.8 Å². The van der Waals surface area contributed by atoms with Crippen LogP contribution in [0.25, 0.3) is 0 Å². The van der Waals surface area contributed by atoms with E-state index in [2.05, 4.69) is 10.6 Å². The second-order valence-corrected chi connectivity index (χ2v) is 5.22. The number of ether oxygens (including phenoxy) is 1. The second kappa shape index (κ2) is 7.58. The molecule has 1 aromatic rings. The van der Waals surface area contributed by atoms with Crippen molar-refractivity contribution in [2.24, 2.45) is 0 Å². The third kappa shape index (κ3) is 3.58. The topological polar surface area (TPSA) is 70.7 Å². The fourth-order valence-electron chi connectivity index (χ4n) is 2.71. The van der Waals surface area contributed by atoms with Crippen molar-refractivity contribution in [3.8, 4) is 0 Å². The molecule has 0 radical (unpaired) electrons. The highest BCUT2D eigenvalue weighted by Gasteiger charge is 2.26. The van der Waals surface area contributed by atoms with E-state index in [1.54, 1.807) is 4.90 Å². The standard InChI is InChI=1S/C15H19N3O3.ClH/c19-14(9-17-15(20)12-10-21-8-6-16-12)18-7-5-11-3-1-2-4-13(11)18;/h1-4,12,16H,5-10H2,(H,17,20);1H. The summed E-state index contributed by atoms with van der Waals surface area (Å²) in [7, 11) is 0. The number of fused-ring (bicyclic) bond motifs is 1. The van der Waals surface area contributed by atoms with E-state index in [-0.39, 0.29) is 36.8 Å². The zero-order valence-electron chi connectivity index (χ0n) is 12.2. The lowest BCUT2D eigenvalue weighted by atomic mass is 10.2. The molecule has 0 aromatic heterocycles. The Morgan fingerprint density at radius 3 is 2.95 bits per heavy atom. The van der Waals surface area contributed by atoms with Gasteiger partial charge in [-0.1, -0.05) is 18.2 Å². The van der Waals surface area contributed by atoms with Crippen LogP contribution in [0.3, 0.4) is 0 Å². The van der Waals surface area contributed by atoms with E-state index in [0.29, 0.717) is 26.3 Å². The number of halogens is 1. The lowest BCUT2D eigenvalue weighted by molar-refractivity contribution is -0.128. The minimum Gasteiger partial charge on any atom is -0.378 e. The third-order valence-electron chi connectivity index (χ3n) is 3.84. The molecule has 3 rings (SSSR count). The maximum atomic E-state index is 12.3. The monoisotopic (exact) mass is 325 g/mol. The van der Waals surface area contributed by atoms with Crippen molar-refractivity contribution in [3.05, 3.63) is 29.8 Å². The molecule has 1 atom stereocenters. The van der Waals surface area contributed by atoms with Crippen LogP contribution in [0.5, 0.6) is 0 Å². The molecule has 6 nitrogen and oxygen atoms in total. The van der Waals surface area contributed by atoms with Gasteiger partial charge < -0.3 is 20.3 Å². The van der Waals surface area contributed by atoms with E-state index >= 15 is 0 Å². The average Bonchev–Trinajstić information content (AvgIpc) is 2.97. The molecule has 2 N–H and O–H groups in total. The summed E-state index contributed by atoms with van der Waals surface area (Å²) in [5, 5.41) is 5.75. The Kier molecular flexibility index (Phi) is 5.76. The molecule has 0 saturated carbocycles. The zero-order chi connectivity index (χ0) is 14.7. The summed E-state index contributed by atoms with van der Waals surface area (Å²) in [5.74, 6) is -0.263. The highest BCUT2D eigenvalue weighted by Crippen LogP contribution is 2.27. The fraction of sp³-hybridized carbons (Fsp3) is 0.467. The van der Waals surface area contributed by atoms with Crippen molar-refractivity contribution in [1.29, 1.82) is 0 Å². The first-order chi connectivity index (χ1) is 10.3. The highest BCUT2D eigenvalue weighted by atomic mass is 35.5. The van der Waals surface area contributed by atoms with Crippen LogP contribution >= 0.6 is 12.4 Å². The van der Waals surface area contributed by atoms with Crippen LogP contribution in [0.2, 0.25) is 0 Å². The number of nitrogens with one attached hydrogen (secondary N) is 2. The molecule has 0 spiro atoms. The number of benzene rings is 1. The van der Waals surface area contributed by atoms with Gasteiger partial charge in [-0.25, -0.2) is 0 Å². The number of nitrogens with zero attached hydrogens (tertiary/aromatic N) is 1. The largest absolute Gasteiger partial charge is 0.378 e. The van der Waals surface area contributed by atoms with E-state index in [9.17, 15) is 9.59 Å². The Morgan fingerprint density at radius 1 is 1.36 bits per heavy atom. The molecule has 1 aromatic carbocycles. The molecule has 0 aliphatic carbocycles. The van der Waals surface area contributed by atoms with Crippen molar-refractivity contribution in [2.75, 3.05) is 37.7 Å². The first-order valence-corrected chi connectivity index (χ1v) is 7.23. The summed E-state index contributed by atoms with van der Waals surface area (Å²) in [6, 6.07) is 7.51. The maximum absolute atomic E-state index is 12.3.